The second-order valence-corrected chi connectivity index (χ2v) is 7.73. The van der Waals surface area contributed by atoms with Crippen LogP contribution in [0.15, 0.2) is 90.1 Å². The molecule has 0 bridgehead atoms. The number of ether oxygens (including phenoxy) is 2. The Morgan fingerprint density at radius 3 is 2.18 bits per heavy atom. The first-order valence-electron chi connectivity index (χ1n) is 10.4. The van der Waals surface area contributed by atoms with Crippen molar-refractivity contribution in [1.82, 2.24) is 0 Å². The first-order chi connectivity index (χ1) is 16.1. The van der Waals surface area contributed by atoms with Gasteiger partial charge >= 0.3 is 0 Å². The Hall–Kier alpha value is -4.45. The molecule has 162 valence electrons. The van der Waals surface area contributed by atoms with E-state index < -0.39 is 11.5 Å². The molecule has 4 aromatic carbocycles. The topological polar surface area (TPSA) is 91.0 Å². The lowest BCUT2D eigenvalue weighted by atomic mass is 9.82. The zero-order valence-corrected chi connectivity index (χ0v) is 17.8. The molecule has 0 saturated carbocycles. The Morgan fingerprint density at radius 1 is 0.909 bits per heavy atom. The molecule has 0 aromatic heterocycles. The molecule has 6 heteroatoms. The van der Waals surface area contributed by atoms with E-state index in [0.717, 1.165) is 16.9 Å². The molecular weight excluding hydrogens is 416 g/mol. The van der Waals surface area contributed by atoms with Gasteiger partial charge in [0.2, 0.25) is 0 Å². The number of nitrogens with zero attached hydrogens (tertiary/aromatic N) is 1. The number of carbonyl (C=O) groups is 1. The molecule has 5 rings (SSSR count). The van der Waals surface area contributed by atoms with E-state index in [0.29, 0.717) is 22.1 Å². The molecule has 1 amide bonds. The Balaban J connectivity index is 1.83. The number of fused-ring (bicyclic) bond motifs is 3. The number of nitroso groups, excluding NO2 is 1. The number of methoxy groups -OCH3 is 1. The van der Waals surface area contributed by atoms with Gasteiger partial charge in [-0.2, -0.15) is 0 Å². The van der Waals surface area contributed by atoms with Crippen LogP contribution in [-0.2, 0) is 5.60 Å². The molecule has 33 heavy (non-hydrogen) atoms. The lowest BCUT2D eigenvalue weighted by molar-refractivity contribution is 0.100. The molecule has 1 heterocycles. The van der Waals surface area contributed by atoms with Crippen LogP contribution in [0.5, 0.6) is 11.5 Å². The number of nitrogens with two attached hydrogens (primary N) is 1. The predicted molar refractivity (Wildman–Crippen MR) is 128 cm³/mol. The highest BCUT2D eigenvalue weighted by molar-refractivity contribution is 6.14. The van der Waals surface area contributed by atoms with Crippen molar-refractivity contribution in [2.75, 3.05) is 7.11 Å². The number of primary amides is 1. The molecule has 1 aliphatic rings. The van der Waals surface area contributed by atoms with Gasteiger partial charge in [-0.05, 0) is 29.5 Å². The van der Waals surface area contributed by atoms with Gasteiger partial charge in [0.25, 0.3) is 5.91 Å². The largest absolute Gasteiger partial charge is 0.497 e. The van der Waals surface area contributed by atoms with Crippen molar-refractivity contribution in [1.29, 1.82) is 0 Å². The van der Waals surface area contributed by atoms with Crippen molar-refractivity contribution < 1.29 is 14.3 Å². The minimum absolute atomic E-state index is 0.0242. The van der Waals surface area contributed by atoms with Gasteiger partial charge in [0.15, 0.2) is 5.60 Å². The van der Waals surface area contributed by atoms with Gasteiger partial charge in [-0.15, -0.1) is 4.91 Å². The molecule has 0 saturated heterocycles. The van der Waals surface area contributed by atoms with Gasteiger partial charge in [0.05, 0.1) is 12.7 Å². The zero-order chi connectivity index (χ0) is 23.0. The van der Waals surface area contributed by atoms with Crippen molar-refractivity contribution in [3.8, 4) is 11.5 Å². The molecule has 0 fully saturated rings. The average molecular weight is 436 g/mol. The summed E-state index contributed by atoms with van der Waals surface area (Å²) in [6.45, 7) is 0. The second kappa shape index (κ2) is 7.91. The van der Waals surface area contributed by atoms with E-state index in [1.54, 1.807) is 25.3 Å². The summed E-state index contributed by atoms with van der Waals surface area (Å²) >= 11 is 0. The molecule has 1 unspecified atom stereocenters. The molecular formula is C27H20N2O4. The van der Waals surface area contributed by atoms with Crippen molar-refractivity contribution >= 4 is 28.4 Å². The van der Waals surface area contributed by atoms with Crippen LogP contribution in [0.25, 0.3) is 16.8 Å². The number of amides is 1. The molecule has 0 radical (unpaired) electrons. The maximum Gasteiger partial charge on any atom is 0.251 e. The Morgan fingerprint density at radius 2 is 1.55 bits per heavy atom. The van der Waals surface area contributed by atoms with E-state index >= 15 is 0 Å². The van der Waals surface area contributed by atoms with E-state index in [2.05, 4.69) is 5.18 Å². The Kier molecular flexibility index (Phi) is 4.90. The first-order valence-corrected chi connectivity index (χ1v) is 10.4. The van der Waals surface area contributed by atoms with Gasteiger partial charge < -0.3 is 15.2 Å². The fourth-order valence-corrected chi connectivity index (χ4v) is 4.42. The second-order valence-electron chi connectivity index (χ2n) is 7.73. The van der Waals surface area contributed by atoms with Crippen LogP contribution >= 0.6 is 0 Å². The zero-order valence-electron chi connectivity index (χ0n) is 17.8. The summed E-state index contributed by atoms with van der Waals surface area (Å²) in [4.78, 5) is 24.1. The maximum absolute atomic E-state index is 12.3. The lowest BCUT2D eigenvalue weighted by Gasteiger charge is -2.37. The number of rotatable bonds is 5. The summed E-state index contributed by atoms with van der Waals surface area (Å²) in [6, 6.07) is 24.6. The minimum atomic E-state index is -0.975. The number of benzene rings is 4. The van der Waals surface area contributed by atoms with E-state index in [-0.39, 0.29) is 11.3 Å². The SMILES string of the molecule is COc1ccc(C2(c3ccccc3)C=Cc3c(N=O)c(C(N)=O)c4ccccc4c3O2)cc1. The number of carbonyl (C=O) groups excluding carboxylic acids is 1. The van der Waals surface area contributed by atoms with Crippen molar-refractivity contribution in [3.63, 3.8) is 0 Å². The third kappa shape index (κ3) is 3.15. The summed E-state index contributed by atoms with van der Waals surface area (Å²) in [5.74, 6) is 0.477. The van der Waals surface area contributed by atoms with Gasteiger partial charge in [-0.25, -0.2) is 0 Å². The molecule has 4 aromatic rings. The standard InChI is InChI=1S/C27H20N2O4/c1-32-19-13-11-18(12-14-19)27(17-7-3-2-4-8-17)16-15-22-24(29-31)23(26(28)30)20-9-5-6-10-21(20)25(22)33-27/h2-16H,1H3,(H2,28,30). The quantitative estimate of drug-likeness (QED) is 0.407. The highest BCUT2D eigenvalue weighted by Gasteiger charge is 2.39. The van der Waals surface area contributed by atoms with Crippen molar-refractivity contribution in [3.05, 3.63) is 112 Å². The summed E-state index contributed by atoms with van der Waals surface area (Å²) in [5, 5.41) is 4.36. The lowest BCUT2D eigenvalue weighted by Crippen LogP contribution is -2.34. The summed E-state index contributed by atoms with van der Waals surface area (Å²) in [6.07, 6.45) is 3.66. The first kappa shape index (κ1) is 20.5. The third-order valence-corrected chi connectivity index (χ3v) is 5.98. The van der Waals surface area contributed by atoms with Crippen LogP contribution in [0.3, 0.4) is 0 Å². The van der Waals surface area contributed by atoms with E-state index in [9.17, 15) is 9.70 Å². The third-order valence-electron chi connectivity index (χ3n) is 5.98. The molecule has 0 spiro atoms. The van der Waals surface area contributed by atoms with E-state index in [1.807, 2.05) is 72.8 Å². The summed E-state index contributed by atoms with van der Waals surface area (Å²) in [7, 11) is 1.62. The average Bonchev–Trinajstić information content (AvgIpc) is 2.88. The molecule has 1 aliphatic heterocycles. The molecule has 6 nitrogen and oxygen atoms in total. The minimum Gasteiger partial charge on any atom is -0.497 e. The van der Waals surface area contributed by atoms with Crippen LogP contribution in [0.4, 0.5) is 5.69 Å². The fourth-order valence-electron chi connectivity index (χ4n) is 4.42. The highest BCUT2D eigenvalue weighted by Crippen LogP contribution is 2.49. The highest BCUT2D eigenvalue weighted by atomic mass is 16.5. The van der Waals surface area contributed by atoms with E-state index in [1.165, 1.54) is 0 Å². The number of hydrogen-bond donors (Lipinski definition) is 1. The Bertz CT molecular complexity index is 1410. The molecule has 1 atom stereocenters. The van der Waals surface area contributed by atoms with Crippen LogP contribution in [0, 0.1) is 4.91 Å². The van der Waals surface area contributed by atoms with Crippen molar-refractivity contribution in [2.45, 2.75) is 5.60 Å². The van der Waals surface area contributed by atoms with E-state index in [4.69, 9.17) is 15.2 Å². The summed E-state index contributed by atoms with van der Waals surface area (Å²) in [5.41, 5.74) is 6.93. The van der Waals surface area contributed by atoms with Crippen LogP contribution in [0.1, 0.15) is 27.0 Å². The van der Waals surface area contributed by atoms with Gasteiger partial charge in [0, 0.05) is 27.5 Å². The van der Waals surface area contributed by atoms with Crippen LogP contribution in [0.2, 0.25) is 0 Å². The smallest absolute Gasteiger partial charge is 0.251 e. The molecule has 2 N–H and O–H groups in total. The van der Waals surface area contributed by atoms with Crippen molar-refractivity contribution in [2.24, 2.45) is 10.9 Å². The van der Waals surface area contributed by atoms with Gasteiger partial charge in [0.1, 0.15) is 17.2 Å². The normalized spacial score (nSPS) is 16.6. The maximum atomic E-state index is 12.3. The predicted octanol–water partition coefficient (Wildman–Crippen LogP) is 5.69. The van der Waals surface area contributed by atoms with Gasteiger partial charge in [-0.3, -0.25) is 4.79 Å². The summed E-state index contributed by atoms with van der Waals surface area (Å²) < 4.78 is 12.1. The van der Waals surface area contributed by atoms with Crippen LogP contribution < -0.4 is 15.2 Å². The molecule has 0 aliphatic carbocycles. The monoisotopic (exact) mass is 436 g/mol. The van der Waals surface area contributed by atoms with Crippen LogP contribution in [-0.4, -0.2) is 13.0 Å². The van der Waals surface area contributed by atoms with Gasteiger partial charge in [-0.1, -0.05) is 66.7 Å². The number of hydrogen-bond acceptors (Lipinski definition) is 5. The fraction of sp³-hybridized carbons (Fsp3) is 0.0741. The Labute approximate surface area is 190 Å².